The van der Waals surface area contributed by atoms with Gasteiger partial charge in [-0.3, -0.25) is 4.79 Å². The second-order valence-corrected chi connectivity index (χ2v) is 2.72. The molecule has 13 heavy (non-hydrogen) atoms. The zero-order valence-corrected chi connectivity index (χ0v) is 7.84. The van der Waals surface area contributed by atoms with Gasteiger partial charge in [0.15, 0.2) is 0 Å². The van der Waals surface area contributed by atoms with Gasteiger partial charge in [0.05, 0.1) is 5.75 Å². The fourth-order valence-corrected chi connectivity index (χ4v) is 0.938. The van der Waals surface area contributed by atoms with Crippen LogP contribution in [0.15, 0.2) is 24.3 Å². The summed E-state index contributed by atoms with van der Waals surface area (Å²) in [6, 6.07) is 6.84. The van der Waals surface area contributed by atoms with Crippen LogP contribution in [0, 0.1) is 11.8 Å². The van der Waals surface area contributed by atoms with Crippen molar-refractivity contribution in [3.8, 4) is 11.8 Å². The van der Waals surface area contributed by atoms with Crippen LogP contribution < -0.4 is 5.73 Å². The SMILES string of the molecule is NC(=O)c1ccc(C#CCS)cc1. The van der Waals surface area contributed by atoms with Gasteiger partial charge in [0.25, 0.3) is 0 Å². The minimum atomic E-state index is -0.422. The molecule has 66 valence electrons. The molecule has 0 aliphatic rings. The Kier molecular flexibility index (Phi) is 3.41. The average molecular weight is 191 g/mol. The lowest BCUT2D eigenvalue weighted by molar-refractivity contribution is 0.100. The first kappa shape index (κ1) is 9.69. The van der Waals surface area contributed by atoms with E-state index in [4.69, 9.17) is 5.73 Å². The van der Waals surface area contributed by atoms with Gasteiger partial charge in [-0.2, -0.15) is 12.6 Å². The van der Waals surface area contributed by atoms with Crippen molar-refractivity contribution in [3.63, 3.8) is 0 Å². The van der Waals surface area contributed by atoms with Crippen LogP contribution in [-0.2, 0) is 0 Å². The van der Waals surface area contributed by atoms with Gasteiger partial charge in [0.1, 0.15) is 0 Å². The van der Waals surface area contributed by atoms with Gasteiger partial charge in [-0.1, -0.05) is 11.8 Å². The summed E-state index contributed by atoms with van der Waals surface area (Å²) in [5.74, 6) is 5.80. The third-order valence-corrected chi connectivity index (χ3v) is 1.64. The molecule has 0 bridgehead atoms. The van der Waals surface area contributed by atoms with E-state index in [2.05, 4.69) is 24.5 Å². The quantitative estimate of drug-likeness (QED) is 0.506. The third-order valence-electron chi connectivity index (χ3n) is 1.48. The summed E-state index contributed by atoms with van der Waals surface area (Å²) < 4.78 is 0. The number of carbonyl (C=O) groups excluding carboxylic acids is 1. The van der Waals surface area contributed by atoms with Crippen LogP contribution in [0.2, 0.25) is 0 Å². The van der Waals surface area contributed by atoms with Crippen LogP contribution in [0.1, 0.15) is 15.9 Å². The van der Waals surface area contributed by atoms with Gasteiger partial charge in [0, 0.05) is 11.1 Å². The molecule has 0 saturated carbocycles. The lowest BCUT2D eigenvalue weighted by Crippen LogP contribution is -2.10. The monoisotopic (exact) mass is 191 g/mol. The minimum absolute atomic E-state index is 0.422. The van der Waals surface area contributed by atoms with Gasteiger partial charge in [0.2, 0.25) is 5.91 Å². The normalized spacial score (nSPS) is 8.69. The van der Waals surface area contributed by atoms with Crippen LogP contribution in [0.25, 0.3) is 0 Å². The maximum Gasteiger partial charge on any atom is 0.248 e. The smallest absolute Gasteiger partial charge is 0.248 e. The van der Waals surface area contributed by atoms with Gasteiger partial charge in [-0.05, 0) is 24.3 Å². The van der Waals surface area contributed by atoms with Crippen molar-refractivity contribution in [1.82, 2.24) is 0 Å². The Morgan fingerprint density at radius 1 is 1.38 bits per heavy atom. The predicted octanol–water partition coefficient (Wildman–Crippen LogP) is 1.07. The number of carbonyl (C=O) groups is 1. The van der Waals surface area contributed by atoms with E-state index in [0.29, 0.717) is 11.3 Å². The highest BCUT2D eigenvalue weighted by molar-refractivity contribution is 7.80. The second kappa shape index (κ2) is 4.58. The number of rotatable bonds is 1. The van der Waals surface area contributed by atoms with Crippen molar-refractivity contribution in [1.29, 1.82) is 0 Å². The first-order valence-electron chi connectivity index (χ1n) is 3.73. The zero-order chi connectivity index (χ0) is 9.68. The summed E-state index contributed by atoms with van der Waals surface area (Å²) in [5.41, 5.74) is 6.43. The van der Waals surface area contributed by atoms with E-state index < -0.39 is 5.91 Å². The maximum atomic E-state index is 10.7. The highest BCUT2D eigenvalue weighted by Gasteiger charge is 1.97. The van der Waals surface area contributed by atoms with E-state index in [0.717, 1.165) is 5.56 Å². The molecule has 3 heteroatoms. The molecule has 0 unspecified atom stereocenters. The number of thiol groups is 1. The van der Waals surface area contributed by atoms with Crippen molar-refractivity contribution in [2.24, 2.45) is 5.73 Å². The Morgan fingerprint density at radius 3 is 2.46 bits per heavy atom. The van der Waals surface area contributed by atoms with E-state index in [1.54, 1.807) is 24.3 Å². The largest absolute Gasteiger partial charge is 0.366 e. The summed E-state index contributed by atoms with van der Waals surface area (Å²) in [4.78, 5) is 10.7. The number of primary amides is 1. The van der Waals surface area contributed by atoms with E-state index in [9.17, 15) is 4.79 Å². The van der Waals surface area contributed by atoms with Gasteiger partial charge < -0.3 is 5.73 Å². The zero-order valence-electron chi connectivity index (χ0n) is 6.95. The standard InChI is InChI=1S/C10H9NOS/c11-10(12)9-5-3-8(4-6-9)2-1-7-13/h3-6,13H,7H2,(H2,11,12). The van der Waals surface area contributed by atoms with Crippen molar-refractivity contribution in [2.75, 3.05) is 5.75 Å². The molecule has 0 radical (unpaired) electrons. The van der Waals surface area contributed by atoms with Crippen LogP contribution in [0.3, 0.4) is 0 Å². The van der Waals surface area contributed by atoms with Crippen LogP contribution in [0.5, 0.6) is 0 Å². The van der Waals surface area contributed by atoms with E-state index >= 15 is 0 Å². The number of amides is 1. The summed E-state index contributed by atoms with van der Waals surface area (Å²) in [5, 5.41) is 0. The summed E-state index contributed by atoms with van der Waals surface area (Å²) in [6.07, 6.45) is 0. The Hall–Kier alpha value is -1.40. The molecule has 2 N–H and O–H groups in total. The van der Waals surface area contributed by atoms with E-state index in [1.165, 1.54) is 0 Å². The van der Waals surface area contributed by atoms with Crippen LogP contribution in [-0.4, -0.2) is 11.7 Å². The fraction of sp³-hybridized carbons (Fsp3) is 0.100. The summed E-state index contributed by atoms with van der Waals surface area (Å²) in [6.45, 7) is 0. The number of hydrogen-bond acceptors (Lipinski definition) is 2. The Bertz CT molecular complexity index is 359. The molecule has 1 amide bonds. The molecule has 0 aliphatic carbocycles. The first-order valence-corrected chi connectivity index (χ1v) is 4.37. The number of hydrogen-bond donors (Lipinski definition) is 2. The molecular formula is C10H9NOS. The highest BCUT2D eigenvalue weighted by atomic mass is 32.1. The van der Waals surface area contributed by atoms with E-state index in [-0.39, 0.29) is 0 Å². The molecule has 0 atom stereocenters. The molecule has 0 heterocycles. The van der Waals surface area contributed by atoms with Crippen molar-refractivity contribution >= 4 is 18.5 Å². The molecular weight excluding hydrogens is 182 g/mol. The lowest BCUT2D eigenvalue weighted by atomic mass is 10.1. The lowest BCUT2D eigenvalue weighted by Gasteiger charge is -1.93. The van der Waals surface area contributed by atoms with Crippen molar-refractivity contribution in [2.45, 2.75) is 0 Å². The molecule has 1 rings (SSSR count). The molecule has 0 saturated heterocycles. The summed E-state index contributed by atoms with van der Waals surface area (Å²) in [7, 11) is 0. The predicted molar refractivity (Wildman–Crippen MR) is 55.7 cm³/mol. The molecule has 0 aliphatic heterocycles. The minimum Gasteiger partial charge on any atom is -0.366 e. The molecule has 0 spiro atoms. The second-order valence-electron chi connectivity index (χ2n) is 2.40. The Morgan fingerprint density at radius 2 is 2.00 bits per heavy atom. The maximum absolute atomic E-state index is 10.7. The van der Waals surface area contributed by atoms with Gasteiger partial charge in [-0.25, -0.2) is 0 Å². The fourth-order valence-electron chi connectivity index (χ4n) is 0.859. The molecule has 1 aromatic carbocycles. The van der Waals surface area contributed by atoms with Gasteiger partial charge >= 0.3 is 0 Å². The Labute approximate surface area is 82.5 Å². The summed E-state index contributed by atoms with van der Waals surface area (Å²) >= 11 is 3.96. The number of nitrogens with two attached hydrogens (primary N) is 1. The molecule has 1 aromatic rings. The number of benzene rings is 1. The van der Waals surface area contributed by atoms with Crippen molar-refractivity contribution < 1.29 is 4.79 Å². The van der Waals surface area contributed by atoms with Crippen LogP contribution >= 0.6 is 12.6 Å². The Balaban J connectivity index is 2.87. The first-order chi connectivity index (χ1) is 6.24. The third kappa shape index (κ3) is 2.85. The average Bonchev–Trinajstić information content (AvgIpc) is 2.15. The van der Waals surface area contributed by atoms with Crippen molar-refractivity contribution in [3.05, 3.63) is 35.4 Å². The molecule has 0 aromatic heterocycles. The van der Waals surface area contributed by atoms with Gasteiger partial charge in [-0.15, -0.1) is 0 Å². The van der Waals surface area contributed by atoms with E-state index in [1.807, 2.05) is 0 Å². The topological polar surface area (TPSA) is 43.1 Å². The molecule has 2 nitrogen and oxygen atoms in total. The van der Waals surface area contributed by atoms with Crippen LogP contribution in [0.4, 0.5) is 0 Å². The highest BCUT2D eigenvalue weighted by Crippen LogP contribution is 2.01. The molecule has 0 fully saturated rings.